The summed E-state index contributed by atoms with van der Waals surface area (Å²) >= 11 is 0. The highest BCUT2D eigenvalue weighted by atomic mass is 16.5. The molecule has 1 amide bonds. The lowest BCUT2D eigenvalue weighted by Gasteiger charge is -2.31. The van der Waals surface area contributed by atoms with Crippen molar-refractivity contribution in [1.82, 2.24) is 14.5 Å². The molecule has 6 heteroatoms. The van der Waals surface area contributed by atoms with Crippen LogP contribution in [0, 0.1) is 0 Å². The number of carbonyl (C=O) groups excluding carboxylic acids is 1. The van der Waals surface area contributed by atoms with Crippen LogP contribution in [0.15, 0.2) is 108 Å². The van der Waals surface area contributed by atoms with Crippen LogP contribution in [0.25, 0.3) is 16.6 Å². The van der Waals surface area contributed by atoms with E-state index < -0.39 is 6.04 Å². The third-order valence-corrected chi connectivity index (χ3v) is 7.02. The van der Waals surface area contributed by atoms with Crippen molar-refractivity contribution in [3.05, 3.63) is 136 Å². The van der Waals surface area contributed by atoms with Gasteiger partial charge in [0.2, 0.25) is 0 Å². The number of rotatable bonds is 8. The second-order valence-corrected chi connectivity index (χ2v) is 9.47. The zero-order chi connectivity index (χ0) is 27.4. The van der Waals surface area contributed by atoms with Crippen LogP contribution in [-0.4, -0.2) is 27.5 Å². The maximum atomic E-state index is 14.1. The van der Waals surface area contributed by atoms with Gasteiger partial charge in [-0.05, 0) is 66.9 Å². The lowest BCUT2D eigenvalue weighted by atomic mass is 10.1. The van der Waals surface area contributed by atoms with Gasteiger partial charge in [0, 0.05) is 12.1 Å². The van der Waals surface area contributed by atoms with Crippen LogP contribution in [0.4, 0.5) is 0 Å². The van der Waals surface area contributed by atoms with Crippen molar-refractivity contribution in [2.24, 2.45) is 0 Å². The molecule has 0 saturated heterocycles. The molecule has 0 spiro atoms. The van der Waals surface area contributed by atoms with E-state index in [1.165, 1.54) is 5.56 Å². The number of nitrogens with zero attached hydrogens (tertiary/aromatic N) is 3. The van der Waals surface area contributed by atoms with E-state index in [1.807, 2.05) is 85.8 Å². The van der Waals surface area contributed by atoms with Gasteiger partial charge >= 0.3 is 0 Å². The fourth-order valence-electron chi connectivity index (χ4n) is 4.79. The Balaban J connectivity index is 1.69. The first kappa shape index (κ1) is 25.9. The van der Waals surface area contributed by atoms with Gasteiger partial charge in [0.15, 0.2) is 0 Å². The number of fused-ring (bicyclic) bond motifs is 1. The zero-order valence-electron chi connectivity index (χ0n) is 22.4. The zero-order valence-corrected chi connectivity index (χ0v) is 22.4. The van der Waals surface area contributed by atoms with Gasteiger partial charge in [-0.3, -0.25) is 14.2 Å². The number of carbonyl (C=O) groups is 1. The topological polar surface area (TPSA) is 64.4 Å². The van der Waals surface area contributed by atoms with E-state index in [-0.39, 0.29) is 11.5 Å². The molecule has 1 unspecified atom stereocenters. The minimum atomic E-state index is -0.535. The summed E-state index contributed by atoms with van der Waals surface area (Å²) in [5, 5.41) is 0.529. The summed E-state index contributed by atoms with van der Waals surface area (Å²) in [5.41, 5.74) is 3.79. The van der Waals surface area contributed by atoms with Gasteiger partial charge in [-0.15, -0.1) is 0 Å². The molecule has 1 atom stereocenters. The summed E-state index contributed by atoms with van der Waals surface area (Å²) in [4.78, 5) is 34.7. The van der Waals surface area contributed by atoms with E-state index >= 15 is 0 Å². The maximum absolute atomic E-state index is 14.1. The van der Waals surface area contributed by atoms with E-state index in [4.69, 9.17) is 9.72 Å². The first-order valence-electron chi connectivity index (χ1n) is 13.1. The quantitative estimate of drug-likeness (QED) is 0.240. The van der Waals surface area contributed by atoms with Crippen molar-refractivity contribution in [2.45, 2.75) is 32.9 Å². The fraction of sp³-hybridized carbons (Fsp3) is 0.182. The Bertz CT molecular complexity index is 1660. The molecule has 0 saturated carbocycles. The molecule has 0 fully saturated rings. The highest BCUT2D eigenvalue weighted by Crippen LogP contribution is 2.27. The second kappa shape index (κ2) is 11.4. The normalized spacial score (nSPS) is 11.8. The smallest absolute Gasteiger partial charge is 0.266 e. The third-order valence-electron chi connectivity index (χ3n) is 7.02. The van der Waals surface area contributed by atoms with Crippen LogP contribution in [0.3, 0.4) is 0 Å². The van der Waals surface area contributed by atoms with Gasteiger partial charge in [0.05, 0.1) is 29.7 Å². The summed E-state index contributed by atoms with van der Waals surface area (Å²) in [6, 6.07) is 31.7. The Morgan fingerprint density at radius 2 is 1.62 bits per heavy atom. The summed E-state index contributed by atoms with van der Waals surface area (Å²) < 4.78 is 7.02. The molecule has 5 aromatic rings. The van der Waals surface area contributed by atoms with Crippen molar-refractivity contribution in [2.75, 3.05) is 7.11 Å². The molecular weight excluding hydrogens is 486 g/mol. The summed E-state index contributed by atoms with van der Waals surface area (Å²) in [7, 11) is 1.58. The predicted octanol–water partition coefficient (Wildman–Crippen LogP) is 6.36. The number of amides is 1. The van der Waals surface area contributed by atoms with Crippen molar-refractivity contribution in [1.29, 1.82) is 0 Å². The number of aryl methyl sites for hydroxylation is 1. The van der Waals surface area contributed by atoms with Crippen LogP contribution < -0.4 is 10.3 Å². The number of aromatic nitrogens is 2. The molecule has 196 valence electrons. The van der Waals surface area contributed by atoms with Crippen molar-refractivity contribution in [3.8, 4) is 11.4 Å². The Morgan fingerprint density at radius 3 is 2.33 bits per heavy atom. The lowest BCUT2D eigenvalue weighted by Crippen LogP contribution is -2.37. The molecule has 6 nitrogen and oxygen atoms in total. The molecule has 0 aliphatic rings. The van der Waals surface area contributed by atoms with E-state index in [0.29, 0.717) is 40.3 Å². The summed E-state index contributed by atoms with van der Waals surface area (Å²) in [6.07, 6.45) is 0.897. The largest absolute Gasteiger partial charge is 0.497 e. The minimum absolute atomic E-state index is 0.166. The molecule has 39 heavy (non-hydrogen) atoms. The summed E-state index contributed by atoms with van der Waals surface area (Å²) in [5.74, 6) is 0.917. The monoisotopic (exact) mass is 517 g/mol. The van der Waals surface area contributed by atoms with Gasteiger partial charge < -0.3 is 9.64 Å². The van der Waals surface area contributed by atoms with Crippen molar-refractivity contribution >= 4 is 16.8 Å². The standard InChI is InChI=1S/C33H31N3O3/c1-4-24-17-19-27(20-18-24)36-31(34-30-16-9-8-15-29(30)33(36)38)23(2)35(22-25-11-6-5-7-12-25)32(37)26-13-10-14-28(21-26)39-3/h5-21,23H,4,22H2,1-3H3. The van der Waals surface area contributed by atoms with Gasteiger partial charge in [0.25, 0.3) is 11.5 Å². The minimum Gasteiger partial charge on any atom is -0.497 e. The van der Waals surface area contributed by atoms with Gasteiger partial charge in [-0.1, -0.05) is 67.6 Å². The molecule has 0 aliphatic carbocycles. The Kier molecular flexibility index (Phi) is 7.55. The molecule has 1 heterocycles. The van der Waals surface area contributed by atoms with Crippen LogP contribution in [0.2, 0.25) is 0 Å². The van der Waals surface area contributed by atoms with E-state index in [0.717, 1.165) is 12.0 Å². The number of benzene rings is 4. The van der Waals surface area contributed by atoms with E-state index in [1.54, 1.807) is 40.8 Å². The van der Waals surface area contributed by atoms with E-state index in [9.17, 15) is 9.59 Å². The second-order valence-electron chi connectivity index (χ2n) is 9.47. The van der Waals surface area contributed by atoms with Crippen LogP contribution in [-0.2, 0) is 13.0 Å². The number of hydrogen-bond donors (Lipinski definition) is 0. The number of methoxy groups -OCH3 is 1. The van der Waals surface area contributed by atoms with Crippen molar-refractivity contribution < 1.29 is 9.53 Å². The molecular formula is C33H31N3O3. The van der Waals surface area contributed by atoms with E-state index in [2.05, 4.69) is 6.92 Å². The average molecular weight is 518 g/mol. The highest BCUT2D eigenvalue weighted by Gasteiger charge is 2.28. The van der Waals surface area contributed by atoms with Crippen LogP contribution in [0.1, 0.15) is 47.2 Å². The van der Waals surface area contributed by atoms with Gasteiger partial charge in [-0.25, -0.2) is 4.98 Å². The average Bonchev–Trinajstić information content (AvgIpc) is 3.00. The third kappa shape index (κ3) is 5.32. The molecule has 0 radical (unpaired) electrons. The molecule has 5 rings (SSSR count). The first-order chi connectivity index (χ1) is 19.0. The SMILES string of the molecule is CCc1ccc(-n2c(C(C)N(Cc3ccccc3)C(=O)c3cccc(OC)c3)nc3ccccc3c2=O)cc1. The number of hydrogen-bond acceptors (Lipinski definition) is 4. The number of para-hydroxylation sites is 1. The first-order valence-corrected chi connectivity index (χ1v) is 13.1. The molecule has 0 N–H and O–H groups in total. The Labute approximate surface area is 228 Å². The van der Waals surface area contributed by atoms with Gasteiger partial charge in [-0.2, -0.15) is 0 Å². The Hall–Kier alpha value is -4.71. The molecule has 0 bridgehead atoms. The summed E-state index contributed by atoms with van der Waals surface area (Å²) in [6.45, 7) is 4.36. The molecule has 4 aromatic carbocycles. The Morgan fingerprint density at radius 1 is 0.897 bits per heavy atom. The van der Waals surface area contributed by atoms with Crippen LogP contribution in [0.5, 0.6) is 5.75 Å². The van der Waals surface area contributed by atoms with Gasteiger partial charge in [0.1, 0.15) is 11.6 Å². The lowest BCUT2D eigenvalue weighted by molar-refractivity contribution is 0.0663. The van der Waals surface area contributed by atoms with Crippen LogP contribution >= 0.6 is 0 Å². The predicted molar refractivity (Wildman–Crippen MR) is 154 cm³/mol. The number of ether oxygens (including phenoxy) is 1. The molecule has 0 aliphatic heterocycles. The maximum Gasteiger partial charge on any atom is 0.266 e. The van der Waals surface area contributed by atoms with Crippen molar-refractivity contribution in [3.63, 3.8) is 0 Å². The highest BCUT2D eigenvalue weighted by molar-refractivity contribution is 5.95. The molecule has 1 aromatic heterocycles. The fourth-order valence-corrected chi connectivity index (χ4v) is 4.79.